The summed E-state index contributed by atoms with van der Waals surface area (Å²) in [5.74, 6) is 0.188. The van der Waals surface area contributed by atoms with Gasteiger partial charge in [-0.2, -0.15) is 5.26 Å². The first-order valence-electron chi connectivity index (χ1n) is 10.9. The highest BCUT2D eigenvalue weighted by Gasteiger charge is 2.13. The Morgan fingerprint density at radius 2 is 1.97 bits per heavy atom. The van der Waals surface area contributed by atoms with Crippen molar-refractivity contribution in [1.29, 1.82) is 5.26 Å². The van der Waals surface area contributed by atoms with E-state index in [1.807, 2.05) is 48.0 Å². The van der Waals surface area contributed by atoms with E-state index in [0.717, 1.165) is 53.3 Å². The van der Waals surface area contributed by atoms with Gasteiger partial charge in [-0.15, -0.1) is 11.3 Å². The summed E-state index contributed by atoms with van der Waals surface area (Å²) in [5, 5.41) is 16.8. The Kier molecular flexibility index (Phi) is 6.33. The first kappa shape index (κ1) is 21.8. The molecule has 2 aromatic heterocycles. The maximum Gasteiger partial charge on any atom is 0.238 e. The molecule has 0 aliphatic carbocycles. The lowest BCUT2D eigenvalue weighted by Gasteiger charge is -2.28. The van der Waals surface area contributed by atoms with E-state index in [1.165, 1.54) is 5.69 Å². The van der Waals surface area contributed by atoms with Gasteiger partial charge in [-0.05, 0) is 42.0 Å². The zero-order chi connectivity index (χ0) is 23.3. The summed E-state index contributed by atoms with van der Waals surface area (Å²) in [6.07, 6.45) is 1.64. The molecular formula is C25H22N6O2S. The lowest BCUT2D eigenvalue weighted by molar-refractivity contribution is -0.115. The van der Waals surface area contributed by atoms with Gasteiger partial charge in [0.15, 0.2) is 0 Å². The summed E-state index contributed by atoms with van der Waals surface area (Å²) in [4.78, 5) is 23.3. The molecule has 0 atom stereocenters. The van der Waals surface area contributed by atoms with Crippen molar-refractivity contribution in [2.75, 3.05) is 41.8 Å². The van der Waals surface area contributed by atoms with E-state index in [2.05, 4.69) is 32.7 Å². The number of aromatic nitrogens is 2. The quantitative estimate of drug-likeness (QED) is 0.418. The molecule has 0 unspecified atom stereocenters. The largest absolute Gasteiger partial charge is 0.378 e. The molecule has 1 amide bonds. The number of nitrogens with zero attached hydrogens (tertiary/aromatic N) is 4. The average Bonchev–Trinajstić information content (AvgIpc) is 3.29. The Labute approximate surface area is 200 Å². The maximum atomic E-state index is 11.8. The highest BCUT2D eigenvalue weighted by molar-refractivity contribution is 7.17. The number of amides is 1. The van der Waals surface area contributed by atoms with Gasteiger partial charge >= 0.3 is 0 Å². The summed E-state index contributed by atoms with van der Waals surface area (Å²) in [5.41, 5.74) is 5.46. The minimum absolute atomic E-state index is 0.179. The molecule has 1 fully saturated rings. The SMILES string of the molecule is N#CCC(=O)Nc1cccc(-c2csc3cnc(Nc4ccc(N5CCOCC5)cc4)nc23)c1. The Morgan fingerprint density at radius 1 is 1.15 bits per heavy atom. The first-order valence-corrected chi connectivity index (χ1v) is 11.8. The van der Waals surface area contributed by atoms with E-state index in [0.29, 0.717) is 11.6 Å². The maximum absolute atomic E-state index is 11.8. The summed E-state index contributed by atoms with van der Waals surface area (Å²) in [6.45, 7) is 3.31. The second-order valence-corrected chi connectivity index (χ2v) is 8.70. The molecule has 0 bridgehead atoms. The molecule has 9 heteroatoms. The fourth-order valence-electron chi connectivity index (χ4n) is 3.84. The molecule has 4 aromatic rings. The third-order valence-corrected chi connectivity index (χ3v) is 6.42. The van der Waals surface area contributed by atoms with Crippen LogP contribution in [0.5, 0.6) is 0 Å². The van der Waals surface area contributed by atoms with Crippen LogP contribution in [0.15, 0.2) is 60.1 Å². The number of carbonyl (C=O) groups is 1. The van der Waals surface area contributed by atoms with Gasteiger partial charge in [-0.3, -0.25) is 4.79 Å². The fourth-order valence-corrected chi connectivity index (χ4v) is 4.71. The number of nitrogens with one attached hydrogen (secondary N) is 2. The molecule has 2 aromatic carbocycles. The van der Waals surface area contributed by atoms with Crippen molar-refractivity contribution in [2.45, 2.75) is 6.42 Å². The van der Waals surface area contributed by atoms with E-state index < -0.39 is 0 Å². The minimum atomic E-state index is -0.330. The number of hydrogen-bond donors (Lipinski definition) is 2. The number of nitriles is 1. The molecule has 0 radical (unpaired) electrons. The van der Waals surface area contributed by atoms with Crippen LogP contribution in [0.1, 0.15) is 6.42 Å². The van der Waals surface area contributed by atoms with Gasteiger partial charge in [-0.1, -0.05) is 12.1 Å². The topological polar surface area (TPSA) is 103 Å². The Balaban J connectivity index is 1.36. The summed E-state index contributed by atoms with van der Waals surface area (Å²) in [6, 6.07) is 17.6. The summed E-state index contributed by atoms with van der Waals surface area (Å²) in [7, 11) is 0. The molecular weight excluding hydrogens is 448 g/mol. The van der Waals surface area contributed by atoms with E-state index in [1.54, 1.807) is 17.4 Å². The van der Waals surface area contributed by atoms with Crippen molar-refractivity contribution in [1.82, 2.24) is 9.97 Å². The Morgan fingerprint density at radius 3 is 2.76 bits per heavy atom. The molecule has 0 saturated carbocycles. The third kappa shape index (κ3) is 4.83. The number of hydrogen-bond acceptors (Lipinski definition) is 8. The van der Waals surface area contributed by atoms with Gasteiger partial charge in [0, 0.05) is 41.1 Å². The van der Waals surface area contributed by atoms with E-state index in [-0.39, 0.29) is 12.3 Å². The molecule has 1 aliphatic rings. The molecule has 1 aliphatic heterocycles. The van der Waals surface area contributed by atoms with E-state index >= 15 is 0 Å². The van der Waals surface area contributed by atoms with Crippen LogP contribution in [0.4, 0.5) is 23.0 Å². The van der Waals surface area contributed by atoms with Gasteiger partial charge in [0.25, 0.3) is 0 Å². The molecule has 8 nitrogen and oxygen atoms in total. The Hall–Kier alpha value is -4.00. The van der Waals surface area contributed by atoms with Crippen LogP contribution in [0.2, 0.25) is 0 Å². The van der Waals surface area contributed by atoms with Crippen LogP contribution in [0.3, 0.4) is 0 Å². The molecule has 1 saturated heterocycles. The molecule has 34 heavy (non-hydrogen) atoms. The number of thiophene rings is 1. The number of fused-ring (bicyclic) bond motifs is 1. The lowest BCUT2D eigenvalue weighted by atomic mass is 10.1. The van der Waals surface area contributed by atoms with Crippen molar-refractivity contribution >= 4 is 50.5 Å². The number of morpholine rings is 1. The number of rotatable bonds is 6. The zero-order valence-electron chi connectivity index (χ0n) is 18.3. The predicted molar refractivity (Wildman–Crippen MR) is 134 cm³/mol. The highest BCUT2D eigenvalue weighted by Crippen LogP contribution is 2.34. The molecule has 2 N–H and O–H groups in total. The van der Waals surface area contributed by atoms with Crippen LogP contribution in [-0.4, -0.2) is 42.2 Å². The molecule has 3 heterocycles. The van der Waals surface area contributed by atoms with E-state index in [4.69, 9.17) is 15.0 Å². The van der Waals surface area contributed by atoms with Crippen molar-refractivity contribution < 1.29 is 9.53 Å². The van der Waals surface area contributed by atoms with Crippen LogP contribution in [-0.2, 0) is 9.53 Å². The Bertz CT molecular complexity index is 1360. The molecule has 5 rings (SSSR count). The molecule has 170 valence electrons. The van der Waals surface area contributed by atoms with Gasteiger partial charge in [0.05, 0.1) is 35.7 Å². The first-order chi connectivity index (χ1) is 16.7. The van der Waals surface area contributed by atoms with Gasteiger partial charge in [-0.25, -0.2) is 9.97 Å². The van der Waals surface area contributed by atoms with E-state index in [9.17, 15) is 4.79 Å². The number of carbonyl (C=O) groups excluding carboxylic acids is 1. The monoisotopic (exact) mass is 470 g/mol. The zero-order valence-corrected chi connectivity index (χ0v) is 19.1. The predicted octanol–water partition coefficient (Wildman–Crippen LogP) is 4.79. The third-order valence-electron chi connectivity index (χ3n) is 5.51. The standard InChI is InChI=1S/C25H22N6O2S/c26-9-8-23(32)28-19-3-1-2-17(14-19)21-16-34-22-15-27-25(30-24(21)22)29-18-4-6-20(7-5-18)31-10-12-33-13-11-31/h1-7,14-16H,8,10-13H2,(H,28,32)(H,27,29,30). The van der Waals surface area contributed by atoms with Crippen molar-refractivity contribution in [2.24, 2.45) is 0 Å². The van der Waals surface area contributed by atoms with Gasteiger partial charge < -0.3 is 20.3 Å². The summed E-state index contributed by atoms with van der Waals surface area (Å²) >= 11 is 1.57. The minimum Gasteiger partial charge on any atom is -0.378 e. The van der Waals surface area contributed by atoms with Crippen LogP contribution in [0, 0.1) is 11.3 Å². The smallest absolute Gasteiger partial charge is 0.238 e. The normalized spacial score (nSPS) is 13.4. The van der Waals surface area contributed by atoms with Crippen LogP contribution >= 0.6 is 11.3 Å². The fraction of sp³-hybridized carbons (Fsp3) is 0.200. The lowest BCUT2D eigenvalue weighted by Crippen LogP contribution is -2.36. The van der Waals surface area contributed by atoms with Gasteiger partial charge in [0.1, 0.15) is 6.42 Å². The summed E-state index contributed by atoms with van der Waals surface area (Å²) < 4.78 is 6.40. The van der Waals surface area contributed by atoms with Gasteiger partial charge in [0.2, 0.25) is 11.9 Å². The van der Waals surface area contributed by atoms with Crippen molar-refractivity contribution in [3.63, 3.8) is 0 Å². The second kappa shape index (κ2) is 9.87. The van der Waals surface area contributed by atoms with Crippen LogP contribution < -0.4 is 15.5 Å². The number of anilines is 4. The number of ether oxygens (including phenoxy) is 1. The number of benzene rings is 2. The average molecular weight is 471 g/mol. The highest BCUT2D eigenvalue weighted by atomic mass is 32.1. The van der Waals surface area contributed by atoms with Crippen molar-refractivity contribution in [3.8, 4) is 17.2 Å². The van der Waals surface area contributed by atoms with Crippen LogP contribution in [0.25, 0.3) is 21.3 Å². The second-order valence-electron chi connectivity index (χ2n) is 7.79. The molecule has 0 spiro atoms. The van der Waals surface area contributed by atoms with Crippen molar-refractivity contribution in [3.05, 3.63) is 60.1 Å².